The van der Waals surface area contributed by atoms with Crippen LogP contribution in [0.4, 0.5) is 0 Å². The Morgan fingerprint density at radius 3 is 2.70 bits per heavy atom. The second-order valence-electron chi connectivity index (χ2n) is 6.66. The number of benzene rings is 1. The quantitative estimate of drug-likeness (QED) is 0.757. The van der Waals surface area contributed by atoms with E-state index in [1.807, 2.05) is 41.3 Å². The first-order valence-corrected chi connectivity index (χ1v) is 9.12. The average molecular weight is 362 g/mol. The summed E-state index contributed by atoms with van der Waals surface area (Å²) in [5.74, 6) is 1.84. The number of imidazole rings is 1. The highest BCUT2D eigenvalue weighted by Crippen LogP contribution is 2.24. The Bertz CT molecular complexity index is 919. The van der Waals surface area contributed by atoms with Gasteiger partial charge in [-0.15, -0.1) is 0 Å². The van der Waals surface area contributed by atoms with Gasteiger partial charge in [-0.3, -0.25) is 9.78 Å². The minimum atomic E-state index is 0.179. The van der Waals surface area contributed by atoms with E-state index < -0.39 is 0 Å². The lowest BCUT2D eigenvalue weighted by Crippen LogP contribution is -2.36. The van der Waals surface area contributed by atoms with Crippen LogP contribution in [0, 0.1) is 0 Å². The lowest BCUT2D eigenvalue weighted by Gasteiger charge is -2.26. The number of aromatic nitrogens is 3. The smallest absolute Gasteiger partial charge is 0.223 e. The maximum atomic E-state index is 12.6. The minimum absolute atomic E-state index is 0.179. The molecule has 3 aromatic rings. The molecule has 1 aliphatic rings. The van der Waals surface area contributed by atoms with Crippen molar-refractivity contribution in [1.82, 2.24) is 19.9 Å². The summed E-state index contributed by atoms with van der Waals surface area (Å²) in [4.78, 5) is 26.6. The minimum Gasteiger partial charge on any atom is -0.497 e. The van der Waals surface area contributed by atoms with E-state index in [1.54, 1.807) is 19.5 Å². The van der Waals surface area contributed by atoms with Crippen LogP contribution in [0.25, 0.3) is 11.4 Å². The third-order valence-electron chi connectivity index (χ3n) is 4.92. The van der Waals surface area contributed by atoms with Crippen LogP contribution in [0.3, 0.4) is 0 Å². The van der Waals surface area contributed by atoms with Crippen molar-refractivity contribution in [2.45, 2.75) is 25.8 Å². The fourth-order valence-corrected chi connectivity index (χ4v) is 3.35. The number of pyridine rings is 1. The lowest BCUT2D eigenvalue weighted by molar-refractivity contribution is -0.132. The third-order valence-corrected chi connectivity index (χ3v) is 4.92. The molecule has 0 spiro atoms. The summed E-state index contributed by atoms with van der Waals surface area (Å²) < 4.78 is 5.20. The maximum Gasteiger partial charge on any atom is 0.223 e. The molecule has 0 saturated heterocycles. The molecule has 6 heteroatoms. The number of fused-ring (bicyclic) bond motifs is 1. The van der Waals surface area contributed by atoms with Gasteiger partial charge in [0.1, 0.15) is 11.6 Å². The van der Waals surface area contributed by atoms with Crippen LogP contribution in [-0.2, 0) is 24.2 Å². The molecule has 1 aliphatic heterocycles. The van der Waals surface area contributed by atoms with Crippen molar-refractivity contribution in [3.63, 3.8) is 0 Å². The molecular weight excluding hydrogens is 340 g/mol. The number of methoxy groups -OCH3 is 1. The first kappa shape index (κ1) is 17.3. The predicted octanol–water partition coefficient (Wildman–Crippen LogP) is 3.00. The average Bonchev–Trinajstić information content (AvgIpc) is 3.16. The summed E-state index contributed by atoms with van der Waals surface area (Å²) in [6, 6.07) is 11.7. The Morgan fingerprint density at radius 2 is 1.96 bits per heavy atom. The van der Waals surface area contributed by atoms with Crippen molar-refractivity contribution in [1.29, 1.82) is 0 Å². The van der Waals surface area contributed by atoms with Gasteiger partial charge in [0.15, 0.2) is 0 Å². The van der Waals surface area contributed by atoms with Crippen LogP contribution in [0.5, 0.6) is 5.75 Å². The topological polar surface area (TPSA) is 71.1 Å². The molecule has 1 aromatic carbocycles. The summed E-state index contributed by atoms with van der Waals surface area (Å²) in [5, 5.41) is 0. The van der Waals surface area contributed by atoms with E-state index >= 15 is 0 Å². The zero-order chi connectivity index (χ0) is 18.6. The molecular formula is C21H22N4O2. The SMILES string of the molecule is COc1ccc(-c2nc3c([nH]2)CN(C(=O)CCc2ccncc2)CC3)cc1. The van der Waals surface area contributed by atoms with Gasteiger partial charge in [-0.1, -0.05) is 0 Å². The Labute approximate surface area is 158 Å². The van der Waals surface area contributed by atoms with E-state index in [9.17, 15) is 4.79 Å². The molecule has 1 N–H and O–H groups in total. The first-order valence-electron chi connectivity index (χ1n) is 9.12. The number of aryl methyl sites for hydroxylation is 1. The van der Waals surface area contributed by atoms with Crippen LogP contribution < -0.4 is 4.74 Å². The van der Waals surface area contributed by atoms with Crippen molar-refractivity contribution < 1.29 is 9.53 Å². The van der Waals surface area contributed by atoms with E-state index in [0.29, 0.717) is 13.0 Å². The zero-order valence-electron chi connectivity index (χ0n) is 15.3. The van der Waals surface area contributed by atoms with Gasteiger partial charge in [0.25, 0.3) is 0 Å². The number of ether oxygens (including phenoxy) is 1. The van der Waals surface area contributed by atoms with Crippen LogP contribution in [0.15, 0.2) is 48.8 Å². The van der Waals surface area contributed by atoms with Gasteiger partial charge < -0.3 is 14.6 Å². The number of rotatable bonds is 5. The predicted molar refractivity (Wildman–Crippen MR) is 102 cm³/mol. The van der Waals surface area contributed by atoms with Gasteiger partial charge in [-0.25, -0.2) is 4.98 Å². The maximum absolute atomic E-state index is 12.6. The molecule has 0 bridgehead atoms. The molecule has 1 amide bonds. The summed E-state index contributed by atoms with van der Waals surface area (Å²) in [6.07, 6.45) is 5.56. The summed E-state index contributed by atoms with van der Waals surface area (Å²) in [6.45, 7) is 1.31. The molecule has 0 saturated carbocycles. The Morgan fingerprint density at radius 1 is 1.19 bits per heavy atom. The van der Waals surface area contributed by atoms with E-state index in [4.69, 9.17) is 9.72 Å². The standard InChI is InChI=1S/C21H22N4O2/c1-27-17-5-3-16(4-6-17)21-23-18-10-13-25(14-19(18)24-21)20(26)7-2-15-8-11-22-12-9-15/h3-6,8-9,11-12H,2,7,10,13-14H2,1H3,(H,23,24). The normalized spacial score (nSPS) is 13.3. The summed E-state index contributed by atoms with van der Waals surface area (Å²) in [5.41, 5.74) is 4.24. The first-order chi connectivity index (χ1) is 13.2. The van der Waals surface area contributed by atoms with Crippen molar-refractivity contribution >= 4 is 5.91 Å². The molecule has 2 aromatic heterocycles. The zero-order valence-corrected chi connectivity index (χ0v) is 15.3. The number of nitrogens with zero attached hydrogens (tertiary/aromatic N) is 3. The Balaban J connectivity index is 1.42. The second kappa shape index (κ2) is 7.61. The van der Waals surface area contributed by atoms with Crippen LogP contribution >= 0.6 is 0 Å². The van der Waals surface area contributed by atoms with Crippen molar-refractivity contribution in [3.8, 4) is 17.1 Å². The highest BCUT2D eigenvalue weighted by Gasteiger charge is 2.23. The Hall–Kier alpha value is -3.15. The molecule has 138 valence electrons. The number of hydrogen-bond donors (Lipinski definition) is 1. The van der Waals surface area contributed by atoms with E-state index in [1.165, 1.54) is 0 Å². The molecule has 0 fully saturated rings. The van der Waals surface area contributed by atoms with Crippen LogP contribution in [0.1, 0.15) is 23.4 Å². The molecule has 6 nitrogen and oxygen atoms in total. The molecule has 0 unspecified atom stereocenters. The number of nitrogens with one attached hydrogen (secondary N) is 1. The van der Waals surface area contributed by atoms with Gasteiger partial charge in [0, 0.05) is 37.3 Å². The number of amides is 1. The van der Waals surface area contributed by atoms with Crippen LogP contribution in [-0.4, -0.2) is 39.4 Å². The molecule has 4 rings (SSSR count). The van der Waals surface area contributed by atoms with Gasteiger partial charge >= 0.3 is 0 Å². The van der Waals surface area contributed by atoms with Gasteiger partial charge in [0.05, 0.1) is 25.0 Å². The van der Waals surface area contributed by atoms with Gasteiger partial charge in [-0.2, -0.15) is 0 Å². The van der Waals surface area contributed by atoms with E-state index in [-0.39, 0.29) is 5.91 Å². The number of carbonyl (C=O) groups is 1. The number of aromatic amines is 1. The molecule has 0 radical (unpaired) electrons. The van der Waals surface area contributed by atoms with E-state index in [2.05, 4.69) is 9.97 Å². The molecule has 27 heavy (non-hydrogen) atoms. The number of hydrogen-bond acceptors (Lipinski definition) is 4. The van der Waals surface area contributed by atoms with E-state index in [0.717, 1.165) is 53.5 Å². The monoisotopic (exact) mass is 362 g/mol. The number of carbonyl (C=O) groups excluding carboxylic acids is 1. The largest absolute Gasteiger partial charge is 0.497 e. The lowest BCUT2D eigenvalue weighted by atomic mass is 10.1. The van der Waals surface area contributed by atoms with Crippen molar-refractivity contribution in [3.05, 3.63) is 65.7 Å². The fourth-order valence-electron chi connectivity index (χ4n) is 3.35. The van der Waals surface area contributed by atoms with Gasteiger partial charge in [-0.05, 0) is 48.4 Å². The molecule has 0 aliphatic carbocycles. The highest BCUT2D eigenvalue weighted by atomic mass is 16.5. The Kier molecular flexibility index (Phi) is 4.87. The molecule has 0 atom stereocenters. The number of H-pyrrole nitrogens is 1. The van der Waals surface area contributed by atoms with Crippen molar-refractivity contribution in [2.75, 3.05) is 13.7 Å². The fraction of sp³-hybridized carbons (Fsp3) is 0.286. The van der Waals surface area contributed by atoms with Crippen molar-refractivity contribution in [2.24, 2.45) is 0 Å². The molecule has 3 heterocycles. The van der Waals surface area contributed by atoms with Gasteiger partial charge in [0.2, 0.25) is 5.91 Å². The summed E-state index contributed by atoms with van der Waals surface area (Å²) >= 11 is 0. The highest BCUT2D eigenvalue weighted by molar-refractivity contribution is 5.76. The third kappa shape index (κ3) is 3.84. The second-order valence-corrected chi connectivity index (χ2v) is 6.66. The van der Waals surface area contributed by atoms with Crippen LogP contribution in [0.2, 0.25) is 0 Å². The summed E-state index contributed by atoms with van der Waals surface area (Å²) in [7, 11) is 1.65.